The minimum atomic E-state index is -1.63. The van der Waals surface area contributed by atoms with Gasteiger partial charge in [0.15, 0.2) is 6.17 Å². The maximum Gasteiger partial charge on any atom is 0.229 e. The number of para-hydroxylation sites is 1. The van der Waals surface area contributed by atoms with Gasteiger partial charge in [0.25, 0.3) is 0 Å². The minimum Gasteiger partial charge on any atom is -0.466 e. The summed E-state index contributed by atoms with van der Waals surface area (Å²) in [5.74, 6) is 0. The fraction of sp³-hybridized carbons (Fsp3) is 0.280. The summed E-state index contributed by atoms with van der Waals surface area (Å²) in [4.78, 5) is 3.60. The molecule has 0 radical (unpaired) electrons. The predicted molar refractivity (Wildman–Crippen MR) is 114 cm³/mol. The number of nitrogens with zero attached hydrogens (tertiary/aromatic N) is 2. The molecular formula is C25H25N2O+. The Balaban J connectivity index is 2.10. The van der Waals surface area contributed by atoms with Crippen molar-refractivity contribution in [2.24, 2.45) is 12.5 Å². The van der Waals surface area contributed by atoms with Gasteiger partial charge in [0.1, 0.15) is 19.6 Å². The molecule has 0 aliphatic carbocycles. The zero-order valence-corrected chi connectivity index (χ0v) is 16.8. The molecular weight excluding hydrogens is 344 g/mol. The predicted octanol–water partition coefficient (Wildman–Crippen LogP) is 6.53. The SMILES string of the molecule is [2H]c1cc(C([2H])([2H])C(C)(C)C)cc(-c2c(C)ccc3c2oc2c([N+]#[C-])cccc23)[n+]1C. The van der Waals surface area contributed by atoms with E-state index < -0.39 is 11.8 Å². The van der Waals surface area contributed by atoms with E-state index in [0.29, 0.717) is 28.1 Å². The van der Waals surface area contributed by atoms with Gasteiger partial charge in [-0.15, -0.1) is 0 Å². The second kappa shape index (κ2) is 6.49. The van der Waals surface area contributed by atoms with Crippen LogP contribution in [0.4, 0.5) is 5.69 Å². The van der Waals surface area contributed by atoms with E-state index in [1.807, 2.05) is 58.0 Å². The first-order chi connectivity index (χ1) is 14.5. The van der Waals surface area contributed by atoms with E-state index in [1.165, 1.54) is 0 Å². The van der Waals surface area contributed by atoms with E-state index in [9.17, 15) is 0 Å². The van der Waals surface area contributed by atoms with Crippen LogP contribution in [0.15, 0.2) is 53.1 Å². The summed E-state index contributed by atoms with van der Waals surface area (Å²) in [5.41, 5.74) is 3.97. The maximum absolute atomic E-state index is 8.72. The van der Waals surface area contributed by atoms with Gasteiger partial charge in [-0.2, -0.15) is 0 Å². The molecule has 0 aliphatic heterocycles. The summed E-state index contributed by atoms with van der Waals surface area (Å²) in [5, 5.41) is 1.77. The third-order valence-electron chi connectivity index (χ3n) is 4.82. The summed E-state index contributed by atoms with van der Waals surface area (Å²) in [6, 6.07) is 13.0. The molecule has 2 aromatic heterocycles. The van der Waals surface area contributed by atoms with Gasteiger partial charge >= 0.3 is 0 Å². The van der Waals surface area contributed by atoms with Gasteiger partial charge < -0.3 is 4.42 Å². The molecule has 0 N–H and O–H groups in total. The highest BCUT2D eigenvalue weighted by Crippen LogP contribution is 2.40. The third-order valence-corrected chi connectivity index (χ3v) is 4.82. The standard InChI is InChI=1S/C25H25N2O/c1-16-10-11-19-18-8-7-9-20(26-5)23(18)28-24(19)22(16)21-14-17(12-13-27(21)6)15-25(2,3)4/h7-14H,15H2,1-4,6H3/q+1/i13D,15D2. The Hall–Kier alpha value is -3.12. The van der Waals surface area contributed by atoms with Crippen LogP contribution in [0, 0.1) is 18.9 Å². The van der Waals surface area contributed by atoms with Crippen LogP contribution in [-0.2, 0) is 13.4 Å². The Labute approximate surface area is 170 Å². The lowest BCUT2D eigenvalue weighted by Gasteiger charge is -2.18. The molecule has 4 rings (SSSR count). The third kappa shape index (κ3) is 3.05. The highest BCUT2D eigenvalue weighted by atomic mass is 16.3. The molecule has 0 fully saturated rings. The average Bonchev–Trinajstić information content (AvgIpc) is 3.08. The van der Waals surface area contributed by atoms with E-state index in [1.54, 1.807) is 23.7 Å². The van der Waals surface area contributed by atoms with Crippen molar-refractivity contribution in [3.63, 3.8) is 0 Å². The first-order valence-electron chi connectivity index (χ1n) is 10.8. The number of pyridine rings is 1. The molecule has 0 aliphatic rings. The Bertz CT molecular complexity index is 1390. The second-order valence-electron chi connectivity index (χ2n) is 8.19. The molecule has 0 amide bonds. The molecule has 4 aromatic rings. The molecule has 3 nitrogen and oxygen atoms in total. The van der Waals surface area contributed by atoms with Crippen molar-refractivity contribution in [3.05, 3.63) is 71.2 Å². The van der Waals surface area contributed by atoms with E-state index in [-0.39, 0.29) is 6.17 Å². The van der Waals surface area contributed by atoms with Crippen LogP contribution >= 0.6 is 0 Å². The van der Waals surface area contributed by atoms with Crippen molar-refractivity contribution in [2.75, 3.05) is 0 Å². The lowest BCUT2D eigenvalue weighted by Crippen LogP contribution is -2.31. The average molecular weight is 373 g/mol. The number of furan rings is 1. The Morgan fingerprint density at radius 3 is 2.61 bits per heavy atom. The van der Waals surface area contributed by atoms with Crippen molar-refractivity contribution in [3.8, 4) is 11.3 Å². The zero-order chi connectivity index (χ0) is 22.7. The van der Waals surface area contributed by atoms with Crippen LogP contribution in [0.2, 0.25) is 0 Å². The summed E-state index contributed by atoms with van der Waals surface area (Å²) >= 11 is 0. The topological polar surface area (TPSA) is 21.4 Å². The van der Waals surface area contributed by atoms with Gasteiger partial charge in [-0.1, -0.05) is 51.1 Å². The number of benzene rings is 2. The van der Waals surface area contributed by atoms with E-state index in [4.69, 9.17) is 15.1 Å². The lowest BCUT2D eigenvalue weighted by atomic mass is 9.88. The molecule has 0 spiro atoms. The quantitative estimate of drug-likeness (QED) is 0.290. The van der Waals surface area contributed by atoms with Crippen LogP contribution in [0.1, 0.15) is 36.0 Å². The summed E-state index contributed by atoms with van der Waals surface area (Å²) in [6.45, 7) is 15.0. The molecule has 2 heterocycles. The van der Waals surface area contributed by atoms with Gasteiger partial charge in [-0.05, 0) is 29.8 Å². The highest BCUT2D eigenvalue weighted by Gasteiger charge is 2.22. The van der Waals surface area contributed by atoms with Crippen LogP contribution in [0.3, 0.4) is 0 Å². The fourth-order valence-corrected chi connectivity index (χ4v) is 3.62. The number of hydrogen-bond acceptors (Lipinski definition) is 1. The smallest absolute Gasteiger partial charge is 0.229 e. The van der Waals surface area contributed by atoms with Crippen molar-refractivity contribution < 1.29 is 13.1 Å². The van der Waals surface area contributed by atoms with Gasteiger partial charge in [0, 0.05) is 25.6 Å². The Kier molecular flexibility index (Phi) is 3.45. The number of aromatic nitrogens is 1. The number of fused-ring (bicyclic) bond motifs is 3. The Morgan fingerprint density at radius 1 is 1.14 bits per heavy atom. The van der Waals surface area contributed by atoms with Gasteiger partial charge in [-0.3, -0.25) is 0 Å². The van der Waals surface area contributed by atoms with Crippen molar-refractivity contribution >= 4 is 27.6 Å². The molecule has 0 atom stereocenters. The maximum atomic E-state index is 8.72. The molecule has 3 heteroatoms. The van der Waals surface area contributed by atoms with Gasteiger partial charge in [-0.25, -0.2) is 9.41 Å². The molecule has 0 saturated heterocycles. The first kappa shape index (κ1) is 14.9. The van der Waals surface area contributed by atoms with Crippen LogP contribution in [0.5, 0.6) is 0 Å². The molecule has 140 valence electrons. The van der Waals surface area contributed by atoms with E-state index in [0.717, 1.165) is 21.9 Å². The molecule has 0 unspecified atom stereocenters. The minimum absolute atomic E-state index is 0.218. The Morgan fingerprint density at radius 2 is 1.89 bits per heavy atom. The van der Waals surface area contributed by atoms with E-state index in [2.05, 4.69) is 4.85 Å². The van der Waals surface area contributed by atoms with Crippen LogP contribution in [0.25, 0.3) is 38.0 Å². The van der Waals surface area contributed by atoms with Crippen molar-refractivity contribution in [1.82, 2.24) is 0 Å². The highest BCUT2D eigenvalue weighted by molar-refractivity contribution is 6.12. The number of aryl methyl sites for hydroxylation is 1. The summed E-state index contributed by atoms with van der Waals surface area (Å²) in [7, 11) is 1.81. The van der Waals surface area contributed by atoms with Gasteiger partial charge in [0.05, 0.1) is 12.1 Å². The first-order valence-corrected chi connectivity index (χ1v) is 9.31. The van der Waals surface area contributed by atoms with Crippen molar-refractivity contribution in [1.29, 1.82) is 0 Å². The molecule has 0 saturated carbocycles. The fourth-order valence-electron chi connectivity index (χ4n) is 3.62. The zero-order valence-electron chi connectivity index (χ0n) is 19.8. The van der Waals surface area contributed by atoms with Gasteiger partial charge in [0.2, 0.25) is 11.4 Å². The molecule has 28 heavy (non-hydrogen) atoms. The number of rotatable bonds is 2. The second-order valence-corrected chi connectivity index (χ2v) is 8.19. The van der Waals surface area contributed by atoms with Crippen LogP contribution < -0.4 is 4.57 Å². The molecule has 2 aromatic carbocycles. The lowest BCUT2D eigenvalue weighted by molar-refractivity contribution is -0.660. The largest absolute Gasteiger partial charge is 0.466 e. The summed E-state index contributed by atoms with van der Waals surface area (Å²) in [6.07, 6.45) is -1.41. The van der Waals surface area contributed by atoms with Crippen molar-refractivity contribution in [2.45, 2.75) is 34.1 Å². The summed E-state index contributed by atoms with van der Waals surface area (Å²) < 4.78 is 33.9. The number of hydrogen-bond donors (Lipinski definition) is 0. The van der Waals surface area contributed by atoms with E-state index >= 15 is 0 Å². The normalized spacial score (nSPS) is 13.9. The monoisotopic (exact) mass is 372 g/mol. The van der Waals surface area contributed by atoms with Crippen LogP contribution in [-0.4, -0.2) is 0 Å². The molecule has 0 bridgehead atoms.